The van der Waals surface area contributed by atoms with Gasteiger partial charge in [0.2, 0.25) is 0 Å². The Labute approximate surface area is 102 Å². The van der Waals surface area contributed by atoms with Gasteiger partial charge in [-0.05, 0) is 0 Å². The molecule has 0 saturated carbocycles. The molecule has 80 valence electrons. The van der Waals surface area contributed by atoms with Crippen LogP contribution in [0.25, 0.3) is 0 Å². The predicted octanol–water partition coefficient (Wildman–Crippen LogP) is 4.53. The van der Waals surface area contributed by atoms with E-state index in [0.717, 1.165) is 0 Å². The Hall–Kier alpha value is 0.133. The molecule has 0 aromatic heterocycles. The van der Waals surface area contributed by atoms with Gasteiger partial charge in [-0.3, -0.25) is 0 Å². The molecule has 0 atom stereocenters. The minimum absolute atomic E-state index is 1.29. The predicted molar refractivity (Wildman–Crippen MR) is 65.1 cm³/mol. The molecule has 1 heterocycles. The average molecular weight is 300 g/mol. The number of allylic oxidation sites excluding steroid dienone is 8. The molecule has 0 unspecified atom stereocenters. The number of rotatable bonds is 2. The Morgan fingerprint density at radius 2 is 1.40 bits per heavy atom. The van der Waals surface area contributed by atoms with Crippen molar-refractivity contribution in [2.45, 2.75) is 21.1 Å². The van der Waals surface area contributed by atoms with Crippen molar-refractivity contribution in [1.29, 1.82) is 0 Å². The van der Waals surface area contributed by atoms with Gasteiger partial charge >= 0.3 is 84.4 Å². The summed E-state index contributed by atoms with van der Waals surface area (Å²) in [5.41, 5.74) is 0. The molecule has 3 aliphatic rings. The summed E-state index contributed by atoms with van der Waals surface area (Å²) in [7, 11) is 0. The van der Waals surface area contributed by atoms with Crippen LogP contribution in [0.3, 0.4) is 0 Å². The fourth-order valence-electron chi connectivity index (χ4n) is 2.58. The van der Waals surface area contributed by atoms with Gasteiger partial charge in [-0.2, -0.15) is 0 Å². The van der Waals surface area contributed by atoms with Crippen molar-refractivity contribution in [3.63, 3.8) is 0 Å². The van der Waals surface area contributed by atoms with Gasteiger partial charge in [-0.25, -0.2) is 0 Å². The van der Waals surface area contributed by atoms with Crippen molar-refractivity contribution >= 4 is 11.6 Å². The molecule has 2 heteroatoms. The standard InChI is InChI=1S/2C5H5.C2H4.CH3Cl.Zr/c2*1-2-4-5-3-1;2*1-2;/h2*1-3H,4H2;1-2H2;1H3;. The molecule has 0 aromatic carbocycles. The summed E-state index contributed by atoms with van der Waals surface area (Å²) < 4.78 is 6.92. The molecule has 2 aliphatic carbocycles. The summed E-state index contributed by atoms with van der Waals surface area (Å²) in [6.07, 6.45) is 18.1. The van der Waals surface area contributed by atoms with Crippen LogP contribution in [0.4, 0.5) is 0 Å². The fourth-order valence-corrected chi connectivity index (χ4v) is 15.5. The summed E-state index contributed by atoms with van der Waals surface area (Å²) >= 11 is 2.88. The third-order valence-electron chi connectivity index (χ3n) is 3.52. The molecule has 0 N–H and O–H groups in total. The molecule has 0 bridgehead atoms. The van der Waals surface area contributed by atoms with Gasteiger partial charge in [0.25, 0.3) is 0 Å². The quantitative estimate of drug-likeness (QED) is 0.657. The fraction of sp³-hybridized carbons (Fsp3) is 0.385. The normalized spacial score (nSPS) is 24.4. The first-order valence-corrected chi connectivity index (χ1v) is 12.2. The van der Waals surface area contributed by atoms with E-state index >= 15 is 0 Å². The molecule has 0 amide bonds. The number of hydrogen-bond acceptors (Lipinski definition) is 0. The van der Waals surface area contributed by atoms with Crippen LogP contribution in [0.2, 0.25) is 8.26 Å². The van der Waals surface area contributed by atoms with Crippen molar-refractivity contribution in [2.24, 2.45) is 0 Å². The molecule has 0 nitrogen and oxygen atoms in total. The van der Waals surface area contributed by atoms with Gasteiger partial charge in [0, 0.05) is 6.38 Å². The van der Waals surface area contributed by atoms with Crippen molar-refractivity contribution in [2.75, 3.05) is 6.38 Å². The second-order valence-corrected chi connectivity index (χ2v) is 15.2. The Balaban J connectivity index is 0.000000404. The van der Waals surface area contributed by atoms with Gasteiger partial charge in [-0.15, -0.1) is 11.6 Å². The first-order valence-electron chi connectivity index (χ1n) is 5.52. The Bertz CT molecular complexity index is 325. The monoisotopic (exact) mass is 298 g/mol. The van der Waals surface area contributed by atoms with Crippen LogP contribution >= 0.6 is 11.6 Å². The second kappa shape index (κ2) is 4.98. The number of hydrogen-bond donors (Lipinski definition) is 0. The van der Waals surface area contributed by atoms with Crippen LogP contribution < -0.4 is 0 Å². The van der Waals surface area contributed by atoms with Gasteiger partial charge in [-0.1, -0.05) is 0 Å². The van der Waals surface area contributed by atoms with Crippen molar-refractivity contribution in [3.05, 3.63) is 43.0 Å². The van der Waals surface area contributed by atoms with E-state index in [1.165, 1.54) is 19.2 Å². The summed E-state index contributed by atoms with van der Waals surface area (Å²) in [5, 5.41) is 0. The minimum Gasteiger partial charge on any atom is -0.130 e. The molecule has 3 rings (SSSR count). The third-order valence-corrected chi connectivity index (χ3v) is 15.1. The van der Waals surface area contributed by atoms with E-state index in [9.17, 15) is 0 Å². The van der Waals surface area contributed by atoms with Crippen LogP contribution in [0, 0.1) is 0 Å². The van der Waals surface area contributed by atoms with E-state index in [4.69, 9.17) is 0 Å². The van der Waals surface area contributed by atoms with Gasteiger partial charge in [0.05, 0.1) is 0 Å². The Morgan fingerprint density at radius 1 is 0.933 bits per heavy atom. The molecular formula is C13H17ClZr. The topological polar surface area (TPSA) is 0 Å². The first kappa shape index (κ1) is 11.6. The van der Waals surface area contributed by atoms with E-state index in [1.54, 1.807) is 8.26 Å². The molecule has 0 aromatic rings. The van der Waals surface area contributed by atoms with Crippen LogP contribution in [-0.4, -0.2) is 6.38 Å². The van der Waals surface area contributed by atoms with Gasteiger partial charge in [0.15, 0.2) is 0 Å². The van der Waals surface area contributed by atoms with Crippen LogP contribution in [0.15, 0.2) is 43.0 Å². The largest absolute Gasteiger partial charge is 0.130 e. The first-order chi connectivity index (χ1) is 7.42. The average Bonchev–Trinajstić information content (AvgIpc) is 2.83. The molecule has 1 saturated heterocycles. The maximum absolute atomic E-state index is 4.64. The van der Waals surface area contributed by atoms with Crippen LogP contribution in [0.5, 0.6) is 0 Å². The molecule has 0 spiro atoms. The van der Waals surface area contributed by atoms with E-state index < -0.39 is 20.3 Å². The van der Waals surface area contributed by atoms with Gasteiger partial charge < -0.3 is 0 Å². The van der Waals surface area contributed by atoms with Crippen molar-refractivity contribution in [1.82, 2.24) is 0 Å². The van der Waals surface area contributed by atoms with E-state index in [-0.39, 0.29) is 0 Å². The summed E-state index contributed by atoms with van der Waals surface area (Å²) in [5.74, 6) is 0. The number of halogens is 1. The van der Waals surface area contributed by atoms with E-state index in [1.807, 2.05) is 6.56 Å². The smallest absolute Gasteiger partial charge is 0.0108 e. The summed E-state index contributed by atoms with van der Waals surface area (Å²) in [6.45, 7) is 0. The molecule has 1 aliphatic heterocycles. The summed E-state index contributed by atoms with van der Waals surface area (Å²) in [4.78, 5) is 0. The maximum Gasteiger partial charge on any atom is 0.0108 e. The van der Waals surface area contributed by atoms with E-state index in [2.05, 4.69) is 48.1 Å². The van der Waals surface area contributed by atoms with Gasteiger partial charge in [0.1, 0.15) is 0 Å². The molecule has 15 heavy (non-hydrogen) atoms. The zero-order valence-corrected chi connectivity index (χ0v) is 12.4. The zero-order valence-electron chi connectivity index (χ0n) is 9.17. The molecule has 1 fully saturated rings. The maximum atomic E-state index is 4.64. The number of alkyl halides is 1. The zero-order chi connectivity index (χ0) is 10.7. The molecular weight excluding hydrogens is 283 g/mol. The van der Waals surface area contributed by atoms with Crippen molar-refractivity contribution < 1.29 is 20.3 Å². The SMILES string of the molecule is C1=CC[C]([Zr]2([C]3=CC=CC3)[CH2][CH2]2)=C1.CCl. The third kappa shape index (κ3) is 2.15. The Morgan fingerprint density at radius 3 is 1.67 bits per heavy atom. The van der Waals surface area contributed by atoms with Crippen molar-refractivity contribution in [3.8, 4) is 0 Å². The van der Waals surface area contributed by atoms with Crippen LogP contribution in [0.1, 0.15) is 12.8 Å². The Kier molecular flexibility index (Phi) is 3.85. The second-order valence-electron chi connectivity index (χ2n) is 4.23. The van der Waals surface area contributed by atoms with E-state index in [0.29, 0.717) is 0 Å². The summed E-state index contributed by atoms with van der Waals surface area (Å²) in [6, 6.07) is 0. The van der Waals surface area contributed by atoms with Crippen LogP contribution in [-0.2, 0) is 20.3 Å². The minimum atomic E-state index is -1.76. The molecule has 0 radical (unpaired) electrons.